The number of aromatic nitrogens is 2. The van der Waals surface area contributed by atoms with Crippen LogP contribution in [0.5, 0.6) is 0 Å². The number of carbonyl (C=O) groups excluding carboxylic acids is 1. The molecular weight excluding hydrogens is 479 g/mol. The summed E-state index contributed by atoms with van der Waals surface area (Å²) in [6.45, 7) is 2.05. The Morgan fingerprint density at radius 1 is 1.08 bits per heavy atom. The molecule has 2 heterocycles. The van der Waals surface area contributed by atoms with Crippen LogP contribution < -0.4 is 15.9 Å². The third-order valence-electron chi connectivity index (χ3n) is 5.94. The number of hydrogen-bond acceptors (Lipinski definition) is 5. The molecule has 0 aliphatic carbocycles. The van der Waals surface area contributed by atoms with E-state index in [4.69, 9.17) is 9.90 Å². The van der Waals surface area contributed by atoms with Gasteiger partial charge in [-0.25, -0.2) is 9.59 Å². The average molecular weight is 508 g/mol. The van der Waals surface area contributed by atoms with Crippen LogP contribution >= 0.6 is 0 Å². The first-order valence-corrected chi connectivity index (χ1v) is 11.2. The lowest BCUT2D eigenvalue weighted by atomic mass is 10.0. The van der Waals surface area contributed by atoms with Crippen molar-refractivity contribution in [2.45, 2.75) is 31.6 Å². The molecule has 0 spiro atoms. The third-order valence-corrected chi connectivity index (χ3v) is 5.94. The van der Waals surface area contributed by atoms with Crippen molar-refractivity contribution in [3.8, 4) is 0 Å². The fourth-order valence-corrected chi connectivity index (χ4v) is 4.00. The molecule has 0 unspecified atom stereocenters. The summed E-state index contributed by atoms with van der Waals surface area (Å²) in [5.41, 5.74) is 3.08. The minimum atomic E-state index is -5.08. The van der Waals surface area contributed by atoms with Crippen LogP contribution in [-0.2, 0) is 16.1 Å². The fourth-order valence-electron chi connectivity index (χ4n) is 4.00. The van der Waals surface area contributed by atoms with E-state index in [0.29, 0.717) is 6.04 Å². The highest BCUT2D eigenvalue weighted by Gasteiger charge is 2.38. The molecule has 194 valence electrons. The largest absolute Gasteiger partial charge is 0.490 e. The number of benzene rings is 2. The van der Waals surface area contributed by atoms with Crippen LogP contribution in [-0.4, -0.2) is 70.8 Å². The van der Waals surface area contributed by atoms with Gasteiger partial charge in [-0.1, -0.05) is 12.1 Å². The number of para-hydroxylation sites is 2. The second kappa shape index (κ2) is 11.3. The van der Waals surface area contributed by atoms with Gasteiger partial charge in [0.25, 0.3) is 0 Å². The molecule has 1 aliphatic heterocycles. The normalized spacial score (nSPS) is 14.4. The molecule has 1 saturated heterocycles. The standard InChI is InChI=1S/C22H27N5O2.C2HF3O2/c1-25(2)17-11-13-26(14-12-17)18-9-7-16(8-10-18)23-21(28)15-27-20-6-4-3-5-19(20)24-22(27)29;3-2(4,5)1(6)7/h3-10,17H,11-15H2,1-2H3,(H,23,28)(H,24,29);(H,6,7). The number of nitrogens with one attached hydrogen (secondary N) is 2. The van der Waals surface area contributed by atoms with Crippen molar-refractivity contribution in [2.24, 2.45) is 0 Å². The first-order chi connectivity index (χ1) is 17.0. The van der Waals surface area contributed by atoms with Gasteiger partial charge in [-0.15, -0.1) is 0 Å². The van der Waals surface area contributed by atoms with E-state index in [2.05, 4.69) is 34.2 Å². The lowest BCUT2D eigenvalue weighted by molar-refractivity contribution is -0.192. The Bertz CT molecular complexity index is 1240. The molecule has 0 atom stereocenters. The van der Waals surface area contributed by atoms with Gasteiger partial charge in [0.05, 0.1) is 11.0 Å². The van der Waals surface area contributed by atoms with Gasteiger partial charge in [0.2, 0.25) is 5.91 Å². The smallest absolute Gasteiger partial charge is 0.475 e. The van der Waals surface area contributed by atoms with Gasteiger partial charge in [0.15, 0.2) is 0 Å². The predicted molar refractivity (Wildman–Crippen MR) is 130 cm³/mol. The first kappa shape index (κ1) is 26.8. The Morgan fingerprint density at radius 2 is 1.67 bits per heavy atom. The lowest BCUT2D eigenvalue weighted by Gasteiger charge is -2.36. The maximum absolute atomic E-state index is 12.5. The molecule has 3 N–H and O–H groups in total. The van der Waals surface area contributed by atoms with Gasteiger partial charge in [-0.3, -0.25) is 9.36 Å². The number of aliphatic carboxylic acids is 1. The summed E-state index contributed by atoms with van der Waals surface area (Å²) in [6, 6.07) is 15.9. The number of carboxylic acids is 1. The number of halogens is 3. The number of piperidine rings is 1. The average Bonchev–Trinajstić information content (AvgIpc) is 3.14. The molecule has 0 bridgehead atoms. The molecule has 2 aromatic carbocycles. The second-order valence-electron chi connectivity index (χ2n) is 8.61. The number of carbonyl (C=O) groups is 2. The van der Waals surface area contributed by atoms with Gasteiger partial charge >= 0.3 is 17.8 Å². The van der Waals surface area contributed by atoms with Crippen LogP contribution in [0.25, 0.3) is 11.0 Å². The van der Waals surface area contributed by atoms with Gasteiger partial charge < -0.3 is 25.2 Å². The SMILES string of the molecule is CN(C)C1CCN(c2ccc(NC(=O)Cn3c(=O)[nH]c4ccccc43)cc2)CC1.O=C(O)C(F)(F)F. The zero-order valence-corrected chi connectivity index (χ0v) is 19.9. The van der Waals surface area contributed by atoms with Crippen LogP contribution in [0.1, 0.15) is 12.8 Å². The van der Waals surface area contributed by atoms with Crippen molar-refractivity contribution < 1.29 is 27.9 Å². The van der Waals surface area contributed by atoms with Crippen molar-refractivity contribution in [1.29, 1.82) is 0 Å². The zero-order valence-electron chi connectivity index (χ0n) is 19.9. The number of carboxylic acid groups (broad SMARTS) is 1. The third kappa shape index (κ3) is 6.87. The van der Waals surface area contributed by atoms with E-state index in [1.165, 1.54) is 10.3 Å². The maximum Gasteiger partial charge on any atom is 0.490 e. The van der Waals surface area contributed by atoms with Crippen molar-refractivity contribution in [3.63, 3.8) is 0 Å². The number of alkyl halides is 3. The predicted octanol–water partition coefficient (Wildman–Crippen LogP) is 3.13. The van der Waals surface area contributed by atoms with Crippen molar-refractivity contribution in [2.75, 3.05) is 37.4 Å². The molecule has 1 fully saturated rings. The number of H-pyrrole nitrogens is 1. The summed E-state index contributed by atoms with van der Waals surface area (Å²) in [5, 5.41) is 10.0. The molecular formula is C24H28F3N5O4. The monoisotopic (exact) mass is 507 g/mol. The molecule has 4 rings (SSSR count). The van der Waals surface area contributed by atoms with Crippen LogP contribution in [0.4, 0.5) is 24.5 Å². The number of hydrogen-bond donors (Lipinski definition) is 3. The molecule has 1 amide bonds. The molecule has 0 saturated carbocycles. The topological polar surface area (TPSA) is 111 Å². The summed E-state index contributed by atoms with van der Waals surface area (Å²) in [7, 11) is 4.28. The maximum atomic E-state index is 12.5. The van der Waals surface area contributed by atoms with Crippen LogP contribution in [0.15, 0.2) is 53.3 Å². The molecule has 12 heteroatoms. The van der Waals surface area contributed by atoms with E-state index >= 15 is 0 Å². The van der Waals surface area contributed by atoms with Crippen LogP contribution in [0.2, 0.25) is 0 Å². The Labute approximate surface area is 205 Å². The van der Waals surface area contributed by atoms with E-state index in [-0.39, 0.29) is 18.1 Å². The number of aromatic amines is 1. The molecule has 1 aromatic heterocycles. The Hall–Kier alpha value is -3.80. The van der Waals surface area contributed by atoms with Crippen molar-refractivity contribution >= 4 is 34.3 Å². The molecule has 1 aliphatic rings. The van der Waals surface area contributed by atoms with E-state index in [1.807, 2.05) is 48.5 Å². The van der Waals surface area contributed by atoms with E-state index in [9.17, 15) is 22.8 Å². The summed E-state index contributed by atoms with van der Waals surface area (Å²) in [5.74, 6) is -2.98. The minimum absolute atomic E-state index is 0.0252. The molecule has 36 heavy (non-hydrogen) atoms. The van der Waals surface area contributed by atoms with E-state index in [0.717, 1.165) is 42.7 Å². The Morgan fingerprint density at radius 3 is 2.22 bits per heavy atom. The highest BCUT2D eigenvalue weighted by Crippen LogP contribution is 2.23. The zero-order chi connectivity index (χ0) is 26.5. The summed E-state index contributed by atoms with van der Waals surface area (Å²) >= 11 is 0. The van der Waals surface area contributed by atoms with Crippen molar-refractivity contribution in [1.82, 2.24) is 14.5 Å². The number of rotatable bonds is 5. The Kier molecular flexibility index (Phi) is 8.41. The number of fused-ring (bicyclic) bond motifs is 1. The quantitative estimate of drug-likeness (QED) is 0.490. The summed E-state index contributed by atoms with van der Waals surface area (Å²) in [6.07, 6.45) is -2.77. The number of amides is 1. The number of imidazole rings is 1. The second-order valence-corrected chi connectivity index (χ2v) is 8.61. The lowest BCUT2D eigenvalue weighted by Crippen LogP contribution is -2.41. The molecule has 3 aromatic rings. The van der Waals surface area contributed by atoms with Crippen molar-refractivity contribution in [3.05, 3.63) is 59.0 Å². The first-order valence-electron chi connectivity index (χ1n) is 11.2. The van der Waals surface area contributed by atoms with Gasteiger partial charge in [0, 0.05) is 30.5 Å². The van der Waals surface area contributed by atoms with Crippen LogP contribution in [0.3, 0.4) is 0 Å². The summed E-state index contributed by atoms with van der Waals surface area (Å²) < 4.78 is 33.2. The number of anilines is 2. The van der Waals surface area contributed by atoms with E-state index < -0.39 is 12.1 Å². The van der Waals surface area contributed by atoms with Gasteiger partial charge in [0.1, 0.15) is 6.54 Å². The van der Waals surface area contributed by atoms with E-state index in [1.54, 1.807) is 0 Å². The van der Waals surface area contributed by atoms with Crippen LogP contribution in [0, 0.1) is 0 Å². The highest BCUT2D eigenvalue weighted by atomic mass is 19.4. The minimum Gasteiger partial charge on any atom is -0.475 e. The Balaban J connectivity index is 0.000000454. The summed E-state index contributed by atoms with van der Waals surface area (Å²) in [4.78, 5) is 40.9. The highest BCUT2D eigenvalue weighted by molar-refractivity contribution is 5.91. The van der Waals surface area contributed by atoms with Gasteiger partial charge in [-0.05, 0) is 63.3 Å². The van der Waals surface area contributed by atoms with Gasteiger partial charge in [-0.2, -0.15) is 13.2 Å². The number of nitrogens with zero attached hydrogens (tertiary/aromatic N) is 3. The fraction of sp³-hybridized carbons (Fsp3) is 0.375. The molecule has 9 nitrogen and oxygen atoms in total. The molecule has 0 radical (unpaired) electrons.